The number of H-pyrrole nitrogens is 1. The molecule has 3 N–H and O–H groups in total. The number of nitrogens with zero attached hydrogens (tertiary/aromatic N) is 6. The van der Waals surface area contributed by atoms with Crippen molar-refractivity contribution in [2.75, 3.05) is 23.7 Å². The van der Waals surface area contributed by atoms with Crippen LogP contribution in [-0.4, -0.2) is 59.9 Å². The minimum atomic E-state index is -0.0425. The second kappa shape index (κ2) is 8.29. The van der Waals surface area contributed by atoms with E-state index in [0.717, 1.165) is 43.4 Å². The zero-order chi connectivity index (χ0) is 20.2. The van der Waals surface area contributed by atoms with Gasteiger partial charge in [0.25, 0.3) is 0 Å². The molecule has 152 valence electrons. The van der Waals surface area contributed by atoms with Gasteiger partial charge >= 0.3 is 0 Å². The van der Waals surface area contributed by atoms with Gasteiger partial charge in [-0.2, -0.15) is 20.2 Å². The Bertz CT molecular complexity index is 1010. The molecule has 4 rings (SSSR count). The first kappa shape index (κ1) is 18.9. The number of fused-ring (bicyclic) bond motifs is 1. The molecule has 1 amide bonds. The van der Waals surface area contributed by atoms with Crippen molar-refractivity contribution < 1.29 is 4.79 Å². The first-order valence-corrected chi connectivity index (χ1v) is 9.84. The average molecular weight is 395 g/mol. The number of likely N-dealkylation sites (tertiary alicyclic amines) is 1. The van der Waals surface area contributed by atoms with E-state index in [1.54, 1.807) is 12.4 Å². The summed E-state index contributed by atoms with van der Waals surface area (Å²) >= 11 is 0. The van der Waals surface area contributed by atoms with Crippen LogP contribution in [-0.2, 0) is 11.3 Å². The number of hydrogen-bond donors (Lipinski definition) is 3. The molecule has 0 bridgehead atoms. The van der Waals surface area contributed by atoms with E-state index in [0.29, 0.717) is 24.0 Å². The lowest BCUT2D eigenvalue weighted by Crippen LogP contribution is -2.44. The molecule has 1 aliphatic heterocycles. The highest BCUT2D eigenvalue weighted by Gasteiger charge is 2.23. The molecule has 10 nitrogen and oxygen atoms in total. The zero-order valence-corrected chi connectivity index (χ0v) is 16.4. The molecule has 1 aliphatic rings. The van der Waals surface area contributed by atoms with E-state index in [1.165, 1.54) is 6.08 Å². The van der Waals surface area contributed by atoms with Crippen LogP contribution in [0.5, 0.6) is 0 Å². The summed E-state index contributed by atoms with van der Waals surface area (Å²) in [5.74, 6) is 1.10. The number of aryl methyl sites for hydroxylation is 1. The third kappa shape index (κ3) is 4.20. The molecular weight excluding hydrogens is 370 g/mol. The molecule has 0 spiro atoms. The van der Waals surface area contributed by atoms with E-state index in [2.05, 4.69) is 49.4 Å². The van der Waals surface area contributed by atoms with Gasteiger partial charge in [0.15, 0.2) is 5.65 Å². The van der Waals surface area contributed by atoms with Gasteiger partial charge in [0.05, 0.1) is 23.5 Å². The van der Waals surface area contributed by atoms with E-state index in [1.807, 2.05) is 15.8 Å². The number of carbonyl (C=O) groups excluding carboxylic acids is 1. The van der Waals surface area contributed by atoms with Gasteiger partial charge < -0.3 is 15.5 Å². The minimum Gasteiger partial charge on any atom is -0.365 e. The monoisotopic (exact) mass is 395 g/mol. The maximum Gasteiger partial charge on any atom is 0.246 e. The molecule has 3 aromatic rings. The maximum atomic E-state index is 12.0. The Hall–Kier alpha value is -3.43. The molecule has 0 saturated carbocycles. The molecule has 10 heteroatoms. The minimum absolute atomic E-state index is 0.0425. The van der Waals surface area contributed by atoms with E-state index in [9.17, 15) is 4.79 Å². The topological polar surface area (TPSA) is 117 Å². The Labute approximate surface area is 168 Å². The van der Waals surface area contributed by atoms with E-state index >= 15 is 0 Å². The third-order valence-electron chi connectivity index (χ3n) is 4.90. The van der Waals surface area contributed by atoms with Crippen LogP contribution in [0, 0.1) is 0 Å². The van der Waals surface area contributed by atoms with Gasteiger partial charge in [-0.25, -0.2) is 0 Å². The molecule has 0 aliphatic carbocycles. The van der Waals surface area contributed by atoms with Crippen molar-refractivity contribution in [1.29, 1.82) is 0 Å². The summed E-state index contributed by atoms with van der Waals surface area (Å²) in [5, 5.41) is 18.8. The van der Waals surface area contributed by atoms with E-state index in [-0.39, 0.29) is 11.9 Å². The van der Waals surface area contributed by atoms with Crippen molar-refractivity contribution in [3.8, 4) is 0 Å². The fourth-order valence-corrected chi connectivity index (χ4v) is 3.53. The Kier molecular flexibility index (Phi) is 5.41. The van der Waals surface area contributed by atoms with Gasteiger partial charge in [0.2, 0.25) is 11.9 Å². The van der Waals surface area contributed by atoms with Crippen LogP contribution >= 0.6 is 0 Å². The molecule has 0 unspecified atom stereocenters. The third-order valence-corrected chi connectivity index (χ3v) is 4.90. The lowest BCUT2D eigenvalue weighted by molar-refractivity contribution is -0.127. The van der Waals surface area contributed by atoms with Gasteiger partial charge in [0.1, 0.15) is 5.82 Å². The molecule has 4 heterocycles. The number of amides is 1. The fraction of sp³-hybridized carbons (Fsp3) is 0.421. The van der Waals surface area contributed by atoms with Gasteiger partial charge in [-0.05, 0) is 25.3 Å². The van der Waals surface area contributed by atoms with Crippen molar-refractivity contribution in [2.24, 2.45) is 0 Å². The normalized spacial score (nSPS) is 16.7. The van der Waals surface area contributed by atoms with Crippen LogP contribution in [0.3, 0.4) is 0 Å². The number of piperidine rings is 1. The number of carbonyl (C=O) groups is 1. The number of anilines is 3. The fourth-order valence-electron chi connectivity index (χ4n) is 3.53. The summed E-state index contributed by atoms with van der Waals surface area (Å²) in [6.07, 6.45) is 9.65. The highest BCUT2D eigenvalue weighted by atomic mass is 16.2. The number of nitrogens with one attached hydrogen (secondary N) is 3. The largest absolute Gasteiger partial charge is 0.365 e. The Morgan fingerprint density at radius 3 is 3.14 bits per heavy atom. The highest BCUT2D eigenvalue weighted by Crippen LogP contribution is 2.24. The predicted octanol–water partition coefficient (Wildman–Crippen LogP) is 2.29. The Morgan fingerprint density at radius 2 is 2.31 bits per heavy atom. The predicted molar refractivity (Wildman–Crippen MR) is 111 cm³/mol. The van der Waals surface area contributed by atoms with Crippen molar-refractivity contribution in [2.45, 2.75) is 38.8 Å². The first-order valence-electron chi connectivity index (χ1n) is 9.84. The number of hydrogen-bond acceptors (Lipinski definition) is 7. The number of aromatic nitrogens is 6. The SMILES string of the molecule is C=CC(=O)N1CCC[C@@H](Nc2nc(Nc3cnn(CCC)c3)nc3[nH]ncc23)C1. The first-order chi connectivity index (χ1) is 14.2. The van der Waals surface area contributed by atoms with E-state index < -0.39 is 0 Å². The highest BCUT2D eigenvalue weighted by molar-refractivity contribution is 5.88. The Balaban J connectivity index is 1.54. The zero-order valence-electron chi connectivity index (χ0n) is 16.4. The molecule has 1 atom stereocenters. The molecule has 29 heavy (non-hydrogen) atoms. The van der Waals surface area contributed by atoms with Crippen LogP contribution < -0.4 is 10.6 Å². The second-order valence-electron chi connectivity index (χ2n) is 7.12. The molecular formula is C19H25N9O. The maximum absolute atomic E-state index is 12.0. The summed E-state index contributed by atoms with van der Waals surface area (Å²) in [6.45, 7) is 7.91. The summed E-state index contributed by atoms with van der Waals surface area (Å²) < 4.78 is 1.88. The standard InChI is InChI=1S/C19H25N9O/c1-3-7-28-12-14(9-21-28)23-19-24-17(15-10-20-26-18(15)25-19)22-13-6-5-8-27(11-13)16(29)4-2/h4,9-10,12-13H,2-3,5-8,11H2,1H3,(H3,20,22,23,24,25,26)/t13-/m1/s1. The smallest absolute Gasteiger partial charge is 0.246 e. The molecule has 1 fully saturated rings. The summed E-state index contributed by atoms with van der Waals surface area (Å²) in [5.41, 5.74) is 1.46. The quantitative estimate of drug-likeness (QED) is 0.526. The Morgan fingerprint density at radius 1 is 1.41 bits per heavy atom. The van der Waals surface area contributed by atoms with E-state index in [4.69, 9.17) is 0 Å². The van der Waals surface area contributed by atoms with Gasteiger partial charge in [-0.1, -0.05) is 13.5 Å². The van der Waals surface area contributed by atoms with Crippen LogP contribution in [0.4, 0.5) is 17.5 Å². The van der Waals surface area contributed by atoms with Crippen LogP contribution in [0.15, 0.2) is 31.2 Å². The van der Waals surface area contributed by atoms with Crippen LogP contribution in [0.2, 0.25) is 0 Å². The molecule has 3 aromatic heterocycles. The van der Waals surface area contributed by atoms with Gasteiger partial charge in [-0.15, -0.1) is 0 Å². The van der Waals surface area contributed by atoms with Gasteiger partial charge in [-0.3, -0.25) is 14.6 Å². The average Bonchev–Trinajstić information content (AvgIpc) is 3.37. The molecule has 0 aromatic carbocycles. The summed E-state index contributed by atoms with van der Waals surface area (Å²) in [7, 11) is 0. The number of rotatable bonds is 7. The van der Waals surface area contributed by atoms with Crippen LogP contribution in [0.1, 0.15) is 26.2 Å². The van der Waals surface area contributed by atoms with Crippen molar-refractivity contribution in [1.82, 2.24) is 34.8 Å². The number of aromatic amines is 1. The van der Waals surface area contributed by atoms with Crippen molar-refractivity contribution in [3.63, 3.8) is 0 Å². The van der Waals surface area contributed by atoms with Crippen LogP contribution in [0.25, 0.3) is 11.0 Å². The second-order valence-corrected chi connectivity index (χ2v) is 7.12. The summed E-state index contributed by atoms with van der Waals surface area (Å²) in [6, 6.07) is 0.0980. The molecule has 0 radical (unpaired) electrons. The van der Waals surface area contributed by atoms with Crippen molar-refractivity contribution >= 4 is 34.4 Å². The van der Waals surface area contributed by atoms with Gasteiger partial charge in [0, 0.05) is 31.9 Å². The summed E-state index contributed by atoms with van der Waals surface area (Å²) in [4.78, 5) is 22.9. The molecule has 1 saturated heterocycles. The van der Waals surface area contributed by atoms with Crippen molar-refractivity contribution in [3.05, 3.63) is 31.2 Å². The lowest BCUT2D eigenvalue weighted by Gasteiger charge is -2.32. The lowest BCUT2D eigenvalue weighted by atomic mass is 10.1.